The number of anilines is 5. The Morgan fingerprint density at radius 1 is 0.628 bits per heavy atom. The maximum atomic E-state index is 12.9. The Morgan fingerprint density at radius 2 is 1.14 bits per heavy atom. The van der Waals surface area contributed by atoms with Crippen molar-refractivity contribution in [3.05, 3.63) is 105 Å². The Balaban J connectivity index is 0.00000328. The van der Waals surface area contributed by atoms with Gasteiger partial charge in [0.15, 0.2) is 16.8 Å². The summed E-state index contributed by atoms with van der Waals surface area (Å²) in [6.45, 7) is 16.0. The van der Waals surface area contributed by atoms with E-state index < -0.39 is 65.5 Å². The van der Waals surface area contributed by atoms with Gasteiger partial charge in [-0.05, 0) is 130 Å². The third kappa shape index (κ3) is 13.5. The molecule has 0 fully saturated rings. The molecule has 0 saturated carbocycles. The number of hydrogen-bond acceptors (Lipinski definition) is 23. The number of aromatic nitrogens is 5. The van der Waals surface area contributed by atoms with Crippen molar-refractivity contribution >= 4 is 123 Å². The topological polar surface area (TPSA) is 349 Å². The van der Waals surface area contributed by atoms with E-state index in [0.29, 0.717) is 21.3 Å². The van der Waals surface area contributed by atoms with Crippen LogP contribution in [-0.4, -0.2) is 76.6 Å². The SMILES string of the molecule is Cc1cc(N(c2nc3ccc(S(=O)(=O)[O-])cc3s2)c2c(C)cc(C)c(S(=O)(=O)[O-])c2C)nc(Nc2c(C)cc(C)c(S(=O)(=O)[O-])c2C)c1N=Nc1c(C#N)c(C(C)(C)C)nn1-c1nc2ccc(S(=O)(=O)[O-])cc2s1.[Na+].[Na+].[Na+].[Na+]. The molecule has 22 nitrogen and oxygen atoms in total. The zero-order valence-electron chi connectivity index (χ0n) is 44.6. The fraction of sp³-hybridized carbons (Fsp3) is 0.239. The summed E-state index contributed by atoms with van der Waals surface area (Å²) in [5, 5.41) is 28.0. The van der Waals surface area contributed by atoms with Crippen molar-refractivity contribution in [2.45, 2.75) is 94.2 Å². The van der Waals surface area contributed by atoms with Crippen LogP contribution >= 0.6 is 22.7 Å². The van der Waals surface area contributed by atoms with Gasteiger partial charge in [0.25, 0.3) is 0 Å². The Kier molecular flexibility index (Phi) is 21.5. The monoisotopic (exact) mass is 1210 g/mol. The quantitative estimate of drug-likeness (QED) is 0.0727. The van der Waals surface area contributed by atoms with Gasteiger partial charge in [0.05, 0.1) is 51.4 Å². The summed E-state index contributed by atoms with van der Waals surface area (Å²) in [4.78, 5) is 13.7. The van der Waals surface area contributed by atoms with Gasteiger partial charge in [-0.15, -0.1) is 10.2 Å². The molecule has 0 radical (unpaired) electrons. The van der Waals surface area contributed by atoms with Crippen LogP contribution in [0.15, 0.2) is 84.4 Å². The number of pyridine rings is 1. The van der Waals surface area contributed by atoms with Crippen molar-refractivity contribution < 1.29 is 170 Å². The van der Waals surface area contributed by atoms with Crippen LogP contribution in [0.4, 0.5) is 39.6 Å². The first-order valence-electron chi connectivity index (χ1n) is 21.6. The van der Waals surface area contributed by atoms with Gasteiger partial charge in [-0.1, -0.05) is 55.6 Å². The number of azo groups is 1. The fourth-order valence-corrected chi connectivity index (χ4v) is 13.7. The summed E-state index contributed by atoms with van der Waals surface area (Å²) in [6.07, 6.45) is 0. The second kappa shape index (κ2) is 24.7. The first-order valence-corrected chi connectivity index (χ1v) is 28.9. The Morgan fingerprint density at radius 3 is 1.65 bits per heavy atom. The van der Waals surface area contributed by atoms with Gasteiger partial charge in [0, 0.05) is 11.1 Å². The first-order chi connectivity index (χ1) is 34.2. The number of nitriles is 1. The first kappa shape index (κ1) is 67.9. The molecule has 78 heavy (non-hydrogen) atoms. The van der Waals surface area contributed by atoms with Crippen molar-refractivity contribution in [1.82, 2.24) is 24.7 Å². The van der Waals surface area contributed by atoms with E-state index in [1.807, 2.05) is 0 Å². The predicted molar refractivity (Wildman–Crippen MR) is 271 cm³/mol. The van der Waals surface area contributed by atoms with Crippen LogP contribution in [0.3, 0.4) is 0 Å². The Labute approximate surface area is 546 Å². The van der Waals surface area contributed by atoms with Crippen molar-refractivity contribution in [2.24, 2.45) is 10.2 Å². The van der Waals surface area contributed by atoms with E-state index in [4.69, 9.17) is 15.1 Å². The second-order valence-corrected chi connectivity index (χ2v) is 25.6. The zero-order chi connectivity index (χ0) is 54.5. The molecule has 0 atom stereocenters. The molecular formula is C46H40N10Na4O12S6. The van der Waals surface area contributed by atoms with E-state index in [2.05, 4.69) is 26.6 Å². The van der Waals surface area contributed by atoms with E-state index >= 15 is 0 Å². The fourth-order valence-electron chi connectivity index (χ4n) is 8.68. The molecule has 1 N–H and O–H groups in total. The van der Waals surface area contributed by atoms with E-state index in [9.17, 15) is 57.1 Å². The summed E-state index contributed by atoms with van der Waals surface area (Å²) in [5.74, 6) is -0.336. The van der Waals surface area contributed by atoms with Gasteiger partial charge < -0.3 is 23.5 Å². The van der Waals surface area contributed by atoms with Crippen LogP contribution in [0.2, 0.25) is 0 Å². The van der Waals surface area contributed by atoms with Crippen LogP contribution < -0.4 is 128 Å². The molecule has 4 heterocycles. The smallest absolute Gasteiger partial charge is 0.744 e. The van der Waals surface area contributed by atoms with E-state index in [0.717, 1.165) is 40.9 Å². The number of hydrogen-bond donors (Lipinski definition) is 1. The van der Waals surface area contributed by atoms with Gasteiger partial charge in [-0.25, -0.2) is 48.6 Å². The Hall–Kier alpha value is -2.65. The molecule has 0 amide bonds. The molecular weight excluding hydrogens is 1170 g/mol. The molecule has 386 valence electrons. The number of fused-ring (bicyclic) bond motifs is 2. The summed E-state index contributed by atoms with van der Waals surface area (Å²) >= 11 is 1.85. The van der Waals surface area contributed by atoms with E-state index in [1.165, 1.54) is 73.7 Å². The number of nitrogens with zero attached hydrogens (tertiary/aromatic N) is 9. The average Bonchev–Trinajstić information content (AvgIpc) is 3.98. The molecule has 8 aromatic rings. The normalized spacial score (nSPS) is 12.2. The van der Waals surface area contributed by atoms with E-state index in [-0.39, 0.29) is 212 Å². The summed E-state index contributed by atoms with van der Waals surface area (Å²) in [7, 11) is -20.0. The third-order valence-corrected chi connectivity index (χ3v) is 17.6. The third-order valence-electron chi connectivity index (χ3n) is 11.7. The molecule has 4 aromatic carbocycles. The van der Waals surface area contributed by atoms with Crippen LogP contribution in [0, 0.1) is 59.8 Å². The second-order valence-electron chi connectivity index (χ2n) is 18.2. The van der Waals surface area contributed by atoms with Crippen LogP contribution in [-0.2, 0) is 45.9 Å². The molecule has 0 unspecified atom stereocenters. The minimum atomic E-state index is -5.13. The van der Waals surface area contributed by atoms with Crippen LogP contribution in [0.5, 0.6) is 0 Å². The maximum absolute atomic E-state index is 12.9. The molecule has 0 spiro atoms. The van der Waals surface area contributed by atoms with Crippen LogP contribution in [0.25, 0.3) is 25.6 Å². The minimum absolute atomic E-state index is 0. The molecule has 0 aliphatic rings. The van der Waals surface area contributed by atoms with Gasteiger partial charge >= 0.3 is 118 Å². The maximum Gasteiger partial charge on any atom is 1.00 e. The van der Waals surface area contributed by atoms with Crippen molar-refractivity contribution in [1.29, 1.82) is 5.26 Å². The standard InChI is InChI=1S/C46H44N10O12S6.4Na/c1-21-15-24(4)39(73(63,64)65)26(6)36(21)51-42-37(52-53-43-30(20-47)41(46(8,9)10)54-56(43)45-49-32-14-12-29(72(60,61)62)19-34(32)70-45)22(2)17-35(50-42)55(38-23(3)16-25(5)40(27(38)7)74(66,67)68)44-48-31-13-11-28(71(57,58)59)18-33(31)69-44;;;;/h11-19H,1-10H3,(H,50,51)(H,57,58,59)(H,60,61,62)(H,63,64,65)(H,66,67,68);;;;/q;4*+1/p-4. The Bertz CT molecular complexity index is 4290. The predicted octanol–water partition coefficient (Wildman–Crippen LogP) is -2.92. The molecule has 8 rings (SSSR count). The van der Waals surface area contributed by atoms with Crippen molar-refractivity contribution in [3.63, 3.8) is 0 Å². The average molecular weight is 1210 g/mol. The summed E-state index contributed by atoms with van der Waals surface area (Å²) in [5.41, 5.74) is 1.60. The zero-order valence-corrected chi connectivity index (χ0v) is 57.5. The number of thiazole rings is 2. The van der Waals surface area contributed by atoms with Gasteiger partial charge in [0.1, 0.15) is 63.6 Å². The molecule has 0 saturated heterocycles. The minimum Gasteiger partial charge on any atom is -0.744 e. The summed E-state index contributed by atoms with van der Waals surface area (Å²) in [6, 6.07) is 13.8. The van der Waals surface area contributed by atoms with Gasteiger partial charge in [0.2, 0.25) is 5.13 Å². The molecule has 0 aliphatic heterocycles. The number of aryl methyl sites for hydroxylation is 5. The molecule has 4 aromatic heterocycles. The summed E-state index contributed by atoms with van der Waals surface area (Å²) < 4.78 is 151. The molecule has 0 bridgehead atoms. The van der Waals surface area contributed by atoms with Crippen LogP contribution in [0.1, 0.15) is 71.0 Å². The molecule has 0 aliphatic carbocycles. The number of benzene rings is 4. The largest absolute Gasteiger partial charge is 1.00 e. The van der Waals surface area contributed by atoms with E-state index in [1.54, 1.807) is 41.5 Å². The number of nitrogens with one attached hydrogen (secondary N) is 1. The van der Waals surface area contributed by atoms with Gasteiger partial charge in [-0.2, -0.15) is 15.0 Å². The van der Waals surface area contributed by atoms with Crippen molar-refractivity contribution in [3.8, 4) is 11.2 Å². The molecule has 32 heteroatoms. The number of rotatable bonds is 12. The van der Waals surface area contributed by atoms with Gasteiger partial charge in [-0.3, -0.25) is 4.90 Å². The van der Waals surface area contributed by atoms with Crippen molar-refractivity contribution in [2.75, 3.05) is 10.2 Å².